The molecule has 0 aromatic heterocycles. The molecule has 6 nitrogen and oxygen atoms in total. The lowest BCUT2D eigenvalue weighted by molar-refractivity contribution is -0.138. The minimum absolute atomic E-state index is 0.0233. The molecule has 0 spiro atoms. The van der Waals surface area contributed by atoms with Crippen LogP contribution < -0.4 is 5.32 Å². The quantitative estimate of drug-likeness (QED) is 0.855. The third-order valence-electron chi connectivity index (χ3n) is 4.02. The fourth-order valence-electron chi connectivity index (χ4n) is 2.59. The largest absolute Gasteiger partial charge is 0.355 e. The van der Waals surface area contributed by atoms with Gasteiger partial charge in [0.15, 0.2) is 0 Å². The molecule has 7 heteroatoms. The van der Waals surface area contributed by atoms with Crippen LogP contribution in [0.3, 0.4) is 0 Å². The van der Waals surface area contributed by atoms with Crippen molar-refractivity contribution in [3.05, 3.63) is 35.6 Å². The molecule has 0 atom stereocenters. The molecule has 0 aliphatic carbocycles. The number of hydrogen-bond acceptors (Lipinski definition) is 3. The highest BCUT2D eigenvalue weighted by Gasteiger charge is 2.21. The Morgan fingerprint density at radius 2 is 1.62 bits per heavy atom. The molecule has 0 bridgehead atoms. The number of rotatable bonds is 5. The van der Waals surface area contributed by atoms with E-state index in [1.807, 2.05) is 0 Å². The average molecular weight is 335 g/mol. The van der Waals surface area contributed by atoms with Crippen LogP contribution in [0, 0.1) is 5.82 Å². The molecule has 1 aliphatic heterocycles. The van der Waals surface area contributed by atoms with Gasteiger partial charge < -0.3 is 15.1 Å². The molecule has 1 aromatic rings. The molecular weight excluding hydrogens is 313 g/mol. The van der Waals surface area contributed by atoms with Crippen molar-refractivity contribution in [3.8, 4) is 0 Å². The first-order valence-corrected chi connectivity index (χ1v) is 8.00. The number of benzene rings is 1. The lowest BCUT2D eigenvalue weighted by atomic mass is 10.1. The van der Waals surface area contributed by atoms with Gasteiger partial charge in [-0.05, 0) is 17.7 Å². The van der Waals surface area contributed by atoms with E-state index in [0.717, 1.165) is 5.56 Å². The Bertz CT molecular complexity index is 596. The zero-order valence-electron chi connectivity index (χ0n) is 13.8. The molecular formula is C17H22FN3O3. The second kappa shape index (κ2) is 8.42. The lowest BCUT2D eigenvalue weighted by Gasteiger charge is -2.34. The Labute approximate surface area is 140 Å². The van der Waals surface area contributed by atoms with Gasteiger partial charge >= 0.3 is 0 Å². The van der Waals surface area contributed by atoms with Crippen molar-refractivity contribution < 1.29 is 18.8 Å². The first-order chi connectivity index (χ1) is 11.5. The molecule has 0 saturated carbocycles. The Balaban J connectivity index is 1.66. The summed E-state index contributed by atoms with van der Waals surface area (Å²) in [6.45, 7) is 3.96. The van der Waals surface area contributed by atoms with Gasteiger partial charge in [0, 0.05) is 46.1 Å². The summed E-state index contributed by atoms with van der Waals surface area (Å²) in [4.78, 5) is 38.6. The predicted molar refractivity (Wildman–Crippen MR) is 86.6 cm³/mol. The van der Waals surface area contributed by atoms with Crippen LogP contribution in [0.4, 0.5) is 4.39 Å². The van der Waals surface area contributed by atoms with Gasteiger partial charge in [-0.15, -0.1) is 0 Å². The summed E-state index contributed by atoms with van der Waals surface area (Å²) in [7, 11) is 0. The van der Waals surface area contributed by atoms with E-state index in [2.05, 4.69) is 5.32 Å². The maximum atomic E-state index is 12.8. The summed E-state index contributed by atoms with van der Waals surface area (Å²) in [6.07, 6.45) is 0.390. The van der Waals surface area contributed by atoms with Gasteiger partial charge in [-0.2, -0.15) is 0 Å². The third kappa shape index (κ3) is 5.33. The SMILES string of the molecule is CC(=O)N1CCN(C(=O)CCNC(=O)Cc2ccc(F)cc2)CC1. The number of carbonyl (C=O) groups is 3. The van der Waals surface area contributed by atoms with Crippen LogP contribution in [0.5, 0.6) is 0 Å². The molecule has 1 fully saturated rings. The first kappa shape index (κ1) is 17.9. The molecule has 1 heterocycles. The molecule has 1 saturated heterocycles. The van der Waals surface area contributed by atoms with E-state index in [0.29, 0.717) is 26.2 Å². The summed E-state index contributed by atoms with van der Waals surface area (Å²) in [5, 5.41) is 2.70. The number of nitrogens with zero attached hydrogens (tertiary/aromatic N) is 2. The molecule has 1 N–H and O–H groups in total. The van der Waals surface area contributed by atoms with E-state index >= 15 is 0 Å². The number of hydrogen-bond donors (Lipinski definition) is 1. The zero-order chi connectivity index (χ0) is 17.5. The molecule has 1 aliphatic rings. The fraction of sp³-hybridized carbons (Fsp3) is 0.471. The topological polar surface area (TPSA) is 69.7 Å². The third-order valence-corrected chi connectivity index (χ3v) is 4.02. The molecule has 24 heavy (non-hydrogen) atoms. The van der Waals surface area contributed by atoms with Crippen LogP contribution in [0.15, 0.2) is 24.3 Å². The van der Waals surface area contributed by atoms with E-state index in [-0.39, 0.29) is 42.9 Å². The van der Waals surface area contributed by atoms with Gasteiger partial charge in [0.1, 0.15) is 5.82 Å². The average Bonchev–Trinajstić information content (AvgIpc) is 2.57. The Hall–Kier alpha value is -2.44. The zero-order valence-corrected chi connectivity index (χ0v) is 13.8. The van der Waals surface area contributed by atoms with Gasteiger partial charge in [0.05, 0.1) is 6.42 Å². The number of halogens is 1. The van der Waals surface area contributed by atoms with E-state index in [1.165, 1.54) is 19.1 Å². The van der Waals surface area contributed by atoms with Crippen molar-refractivity contribution in [3.63, 3.8) is 0 Å². The van der Waals surface area contributed by atoms with Crippen LogP contribution in [0.25, 0.3) is 0 Å². The monoisotopic (exact) mass is 335 g/mol. The van der Waals surface area contributed by atoms with Crippen LogP contribution in [-0.2, 0) is 20.8 Å². The lowest BCUT2D eigenvalue weighted by Crippen LogP contribution is -2.50. The van der Waals surface area contributed by atoms with Gasteiger partial charge in [0.2, 0.25) is 17.7 Å². The van der Waals surface area contributed by atoms with Gasteiger partial charge in [-0.25, -0.2) is 4.39 Å². The normalized spacial score (nSPS) is 14.4. The smallest absolute Gasteiger partial charge is 0.224 e. The summed E-state index contributed by atoms with van der Waals surface area (Å²) < 4.78 is 12.8. The van der Waals surface area contributed by atoms with Gasteiger partial charge in [0.25, 0.3) is 0 Å². The molecule has 3 amide bonds. The molecule has 0 unspecified atom stereocenters. The highest BCUT2D eigenvalue weighted by molar-refractivity contribution is 5.80. The standard InChI is InChI=1S/C17H22FN3O3/c1-13(22)20-8-10-21(11-9-20)17(24)6-7-19-16(23)12-14-2-4-15(18)5-3-14/h2-5H,6-12H2,1H3,(H,19,23). The second-order valence-corrected chi connectivity index (χ2v) is 5.79. The summed E-state index contributed by atoms with van der Waals surface area (Å²) in [5.74, 6) is -0.541. The molecule has 2 rings (SSSR count). The van der Waals surface area contributed by atoms with Crippen LogP contribution in [0.1, 0.15) is 18.9 Å². The predicted octanol–water partition coefficient (Wildman–Crippen LogP) is 0.565. The maximum Gasteiger partial charge on any atom is 0.224 e. The Kier molecular flexibility index (Phi) is 6.28. The highest BCUT2D eigenvalue weighted by Crippen LogP contribution is 2.05. The number of piperazine rings is 1. The van der Waals surface area contributed by atoms with E-state index in [1.54, 1.807) is 21.9 Å². The van der Waals surface area contributed by atoms with Crippen molar-refractivity contribution in [1.82, 2.24) is 15.1 Å². The Morgan fingerprint density at radius 1 is 1.04 bits per heavy atom. The van der Waals surface area contributed by atoms with E-state index in [4.69, 9.17) is 0 Å². The summed E-state index contributed by atoms with van der Waals surface area (Å²) in [6, 6.07) is 5.75. The van der Waals surface area contributed by atoms with Crippen LogP contribution in [0.2, 0.25) is 0 Å². The first-order valence-electron chi connectivity index (χ1n) is 8.00. The highest BCUT2D eigenvalue weighted by atomic mass is 19.1. The van der Waals surface area contributed by atoms with Crippen LogP contribution >= 0.6 is 0 Å². The Morgan fingerprint density at radius 3 is 2.21 bits per heavy atom. The van der Waals surface area contributed by atoms with Crippen LogP contribution in [-0.4, -0.2) is 60.2 Å². The number of nitrogens with one attached hydrogen (secondary N) is 1. The molecule has 130 valence electrons. The second-order valence-electron chi connectivity index (χ2n) is 5.79. The molecule has 0 radical (unpaired) electrons. The van der Waals surface area contributed by atoms with Gasteiger partial charge in [-0.3, -0.25) is 14.4 Å². The van der Waals surface area contributed by atoms with E-state index < -0.39 is 0 Å². The van der Waals surface area contributed by atoms with Crippen molar-refractivity contribution in [1.29, 1.82) is 0 Å². The minimum Gasteiger partial charge on any atom is -0.355 e. The van der Waals surface area contributed by atoms with Crippen molar-refractivity contribution in [2.24, 2.45) is 0 Å². The fourth-order valence-corrected chi connectivity index (χ4v) is 2.59. The van der Waals surface area contributed by atoms with Gasteiger partial charge in [-0.1, -0.05) is 12.1 Å². The van der Waals surface area contributed by atoms with Crippen molar-refractivity contribution >= 4 is 17.7 Å². The molecule has 1 aromatic carbocycles. The van der Waals surface area contributed by atoms with E-state index in [9.17, 15) is 18.8 Å². The van der Waals surface area contributed by atoms with Crippen molar-refractivity contribution in [2.75, 3.05) is 32.7 Å². The number of amides is 3. The maximum absolute atomic E-state index is 12.8. The number of carbonyl (C=O) groups excluding carboxylic acids is 3. The van der Waals surface area contributed by atoms with Crippen molar-refractivity contribution in [2.45, 2.75) is 19.8 Å². The summed E-state index contributed by atoms with van der Waals surface area (Å²) >= 11 is 0. The minimum atomic E-state index is -0.338. The summed E-state index contributed by atoms with van der Waals surface area (Å²) in [5.41, 5.74) is 0.723.